The van der Waals surface area contributed by atoms with E-state index in [0.29, 0.717) is 13.4 Å². The standard InChI is InChI=1S/C13H11BNO2/c1-15-11-7-3-2-5-9(11)10-6-4-8-12(13(10)15)17-14-16/h2-8,16H,1H3. The van der Waals surface area contributed by atoms with Crippen LogP contribution in [0, 0.1) is 0 Å². The molecule has 0 atom stereocenters. The summed E-state index contributed by atoms with van der Waals surface area (Å²) in [7, 11) is 2.71. The Balaban J connectivity index is 2.48. The number of benzene rings is 2. The lowest BCUT2D eigenvalue weighted by Gasteiger charge is -2.05. The average molecular weight is 224 g/mol. The molecule has 0 saturated heterocycles. The Morgan fingerprint density at radius 2 is 1.82 bits per heavy atom. The second-order valence-corrected chi connectivity index (χ2v) is 3.95. The molecule has 1 radical (unpaired) electrons. The number of nitrogens with zero attached hydrogens (tertiary/aromatic N) is 1. The predicted octanol–water partition coefficient (Wildman–Crippen LogP) is 2.24. The molecule has 3 nitrogen and oxygen atoms in total. The minimum atomic E-state index is 0.656. The maximum Gasteiger partial charge on any atom is 0.569 e. The number of fused-ring (bicyclic) bond motifs is 3. The molecule has 3 aromatic rings. The smallest absolute Gasteiger partial charge is 0.536 e. The molecule has 17 heavy (non-hydrogen) atoms. The fourth-order valence-electron chi connectivity index (χ4n) is 2.35. The summed E-state index contributed by atoms with van der Waals surface area (Å²) in [6, 6.07) is 14.0. The molecule has 0 saturated carbocycles. The van der Waals surface area contributed by atoms with E-state index in [1.165, 1.54) is 5.39 Å². The van der Waals surface area contributed by atoms with E-state index < -0.39 is 0 Å². The Kier molecular flexibility index (Phi) is 2.30. The average Bonchev–Trinajstić information content (AvgIpc) is 2.66. The summed E-state index contributed by atoms with van der Waals surface area (Å²) in [5.74, 6) is 0.656. The molecular formula is C13H11BNO2. The molecule has 0 spiro atoms. The molecule has 4 heteroatoms. The van der Waals surface area contributed by atoms with Gasteiger partial charge < -0.3 is 14.2 Å². The van der Waals surface area contributed by atoms with Gasteiger partial charge in [0.15, 0.2) is 0 Å². The van der Waals surface area contributed by atoms with Crippen LogP contribution in [-0.2, 0) is 7.05 Å². The highest BCUT2D eigenvalue weighted by Crippen LogP contribution is 2.33. The van der Waals surface area contributed by atoms with Crippen molar-refractivity contribution >= 4 is 29.5 Å². The molecule has 1 N–H and O–H groups in total. The van der Waals surface area contributed by atoms with Crippen LogP contribution in [0.2, 0.25) is 0 Å². The fraction of sp³-hybridized carbons (Fsp3) is 0.0769. The molecule has 0 bridgehead atoms. The van der Waals surface area contributed by atoms with E-state index in [2.05, 4.69) is 22.8 Å². The largest absolute Gasteiger partial charge is 0.569 e. The van der Waals surface area contributed by atoms with Crippen LogP contribution < -0.4 is 4.65 Å². The summed E-state index contributed by atoms with van der Waals surface area (Å²) in [5.41, 5.74) is 2.13. The number of aryl methyl sites for hydroxylation is 1. The van der Waals surface area contributed by atoms with Crippen molar-refractivity contribution < 1.29 is 9.68 Å². The third-order valence-electron chi connectivity index (χ3n) is 3.07. The first-order chi connectivity index (χ1) is 8.33. The van der Waals surface area contributed by atoms with Crippen LogP contribution in [0.5, 0.6) is 5.75 Å². The van der Waals surface area contributed by atoms with Crippen LogP contribution in [0.25, 0.3) is 21.8 Å². The zero-order chi connectivity index (χ0) is 11.8. The molecule has 0 aliphatic carbocycles. The third kappa shape index (κ3) is 1.41. The first-order valence-electron chi connectivity index (χ1n) is 5.41. The predicted molar refractivity (Wildman–Crippen MR) is 69.0 cm³/mol. The zero-order valence-electron chi connectivity index (χ0n) is 9.42. The van der Waals surface area contributed by atoms with Gasteiger partial charge in [0.25, 0.3) is 0 Å². The van der Waals surface area contributed by atoms with E-state index in [9.17, 15) is 0 Å². The van der Waals surface area contributed by atoms with Crippen molar-refractivity contribution in [2.45, 2.75) is 0 Å². The fourth-order valence-corrected chi connectivity index (χ4v) is 2.35. The molecule has 2 aromatic carbocycles. The molecule has 1 heterocycles. The van der Waals surface area contributed by atoms with Crippen LogP contribution in [0.15, 0.2) is 42.5 Å². The molecule has 1 aromatic heterocycles. The number of hydrogen-bond donors (Lipinski definition) is 1. The number of para-hydroxylation sites is 2. The number of rotatable bonds is 2. The van der Waals surface area contributed by atoms with Crippen molar-refractivity contribution in [3.05, 3.63) is 42.5 Å². The summed E-state index contributed by atoms with van der Waals surface area (Å²) in [4.78, 5) is 0. The molecule has 0 aliphatic heterocycles. The van der Waals surface area contributed by atoms with Gasteiger partial charge in [-0.3, -0.25) is 0 Å². The van der Waals surface area contributed by atoms with E-state index in [-0.39, 0.29) is 0 Å². The molecule has 0 unspecified atom stereocenters. The Bertz CT molecular complexity index is 690. The van der Waals surface area contributed by atoms with Gasteiger partial charge in [-0.05, 0) is 12.1 Å². The lowest BCUT2D eigenvalue weighted by atomic mass is 10.1. The van der Waals surface area contributed by atoms with Crippen molar-refractivity contribution in [3.8, 4) is 5.75 Å². The Labute approximate surface area is 99.5 Å². The van der Waals surface area contributed by atoms with Crippen LogP contribution in [0.3, 0.4) is 0 Å². The lowest BCUT2D eigenvalue weighted by molar-refractivity contribution is 0.455. The van der Waals surface area contributed by atoms with E-state index in [4.69, 9.17) is 9.68 Å². The van der Waals surface area contributed by atoms with Crippen molar-refractivity contribution in [2.75, 3.05) is 0 Å². The maximum absolute atomic E-state index is 8.79. The van der Waals surface area contributed by atoms with Crippen molar-refractivity contribution in [1.82, 2.24) is 4.57 Å². The summed E-state index contributed by atoms with van der Waals surface area (Å²) in [5, 5.41) is 11.1. The Morgan fingerprint density at radius 1 is 1.06 bits per heavy atom. The van der Waals surface area contributed by atoms with Crippen LogP contribution in [0.4, 0.5) is 0 Å². The van der Waals surface area contributed by atoms with Gasteiger partial charge in [0.2, 0.25) is 0 Å². The molecule has 0 amide bonds. The van der Waals surface area contributed by atoms with Gasteiger partial charge in [-0.25, -0.2) is 0 Å². The van der Waals surface area contributed by atoms with Gasteiger partial charge in [-0.15, -0.1) is 0 Å². The summed E-state index contributed by atoms with van der Waals surface area (Å²) < 4.78 is 7.21. The quantitative estimate of drug-likeness (QED) is 0.677. The SMILES string of the molecule is Cn1c2ccccc2c2cccc(O[B]O)c21. The molecule has 3 rings (SSSR count). The minimum Gasteiger partial charge on any atom is -0.536 e. The topological polar surface area (TPSA) is 34.4 Å². The molecule has 0 aliphatic rings. The van der Waals surface area contributed by atoms with Crippen LogP contribution in [-0.4, -0.2) is 17.3 Å². The summed E-state index contributed by atoms with van der Waals surface area (Å²) >= 11 is 0. The molecular weight excluding hydrogens is 213 g/mol. The second kappa shape index (κ2) is 3.82. The number of hydrogen-bond acceptors (Lipinski definition) is 2. The van der Waals surface area contributed by atoms with Gasteiger partial charge in [0.1, 0.15) is 5.75 Å². The Hall–Kier alpha value is -1.94. The summed E-state index contributed by atoms with van der Waals surface area (Å²) in [6.07, 6.45) is 0. The molecule has 0 fully saturated rings. The van der Waals surface area contributed by atoms with Crippen molar-refractivity contribution in [3.63, 3.8) is 0 Å². The monoisotopic (exact) mass is 224 g/mol. The van der Waals surface area contributed by atoms with E-state index in [0.717, 1.165) is 16.4 Å². The number of aromatic nitrogens is 1. The third-order valence-corrected chi connectivity index (χ3v) is 3.07. The normalized spacial score (nSPS) is 10.9. The van der Waals surface area contributed by atoms with Crippen molar-refractivity contribution in [2.24, 2.45) is 7.05 Å². The van der Waals surface area contributed by atoms with Gasteiger partial charge in [0, 0.05) is 23.3 Å². The first-order valence-corrected chi connectivity index (χ1v) is 5.41. The van der Waals surface area contributed by atoms with Crippen molar-refractivity contribution in [1.29, 1.82) is 0 Å². The van der Waals surface area contributed by atoms with Crippen LogP contribution in [0.1, 0.15) is 0 Å². The van der Waals surface area contributed by atoms with Crippen LogP contribution >= 0.6 is 0 Å². The summed E-state index contributed by atoms with van der Waals surface area (Å²) in [6.45, 7) is 0. The van der Waals surface area contributed by atoms with Gasteiger partial charge in [-0.1, -0.05) is 30.3 Å². The Morgan fingerprint density at radius 3 is 2.65 bits per heavy atom. The maximum atomic E-state index is 8.79. The second-order valence-electron chi connectivity index (χ2n) is 3.95. The highest BCUT2D eigenvalue weighted by Gasteiger charge is 2.11. The van der Waals surface area contributed by atoms with E-state index in [1.807, 2.05) is 31.3 Å². The van der Waals surface area contributed by atoms with Gasteiger partial charge in [-0.2, -0.15) is 0 Å². The van der Waals surface area contributed by atoms with Gasteiger partial charge in [0.05, 0.1) is 5.52 Å². The molecule has 83 valence electrons. The van der Waals surface area contributed by atoms with Gasteiger partial charge >= 0.3 is 7.69 Å². The first kappa shape index (κ1) is 10.2. The van der Waals surface area contributed by atoms with E-state index >= 15 is 0 Å². The minimum absolute atomic E-state index is 0.656. The van der Waals surface area contributed by atoms with E-state index in [1.54, 1.807) is 0 Å². The zero-order valence-corrected chi connectivity index (χ0v) is 9.42. The highest BCUT2D eigenvalue weighted by atomic mass is 16.5. The highest BCUT2D eigenvalue weighted by molar-refractivity contribution is 6.19. The lowest BCUT2D eigenvalue weighted by Crippen LogP contribution is -2.01.